The Morgan fingerprint density at radius 1 is 1.24 bits per heavy atom. The minimum Gasteiger partial charge on any atom is -0.508 e. The topological polar surface area (TPSA) is 71.0 Å². The van der Waals surface area contributed by atoms with Gasteiger partial charge in [-0.2, -0.15) is 0 Å². The number of hydrogen-bond donors (Lipinski definition) is 2. The van der Waals surface area contributed by atoms with Gasteiger partial charge in [0.05, 0.1) is 31.6 Å². The first-order valence-electron chi connectivity index (χ1n) is 8.24. The molecule has 0 bridgehead atoms. The van der Waals surface area contributed by atoms with Crippen molar-refractivity contribution in [2.24, 2.45) is 0 Å². The molecule has 3 rings (SSSR count). The summed E-state index contributed by atoms with van der Waals surface area (Å²) in [6.45, 7) is 3.35. The number of methoxy groups -OCH3 is 1. The van der Waals surface area contributed by atoms with Crippen LogP contribution in [0.15, 0.2) is 42.5 Å². The molecule has 6 nitrogen and oxygen atoms in total. The summed E-state index contributed by atoms with van der Waals surface area (Å²) in [7, 11) is 1.39. The van der Waals surface area contributed by atoms with Crippen molar-refractivity contribution in [3.05, 3.63) is 53.6 Å². The molecule has 0 unspecified atom stereocenters. The van der Waals surface area contributed by atoms with Gasteiger partial charge in [-0.05, 0) is 35.9 Å². The third-order valence-corrected chi connectivity index (χ3v) is 4.16. The van der Waals surface area contributed by atoms with Crippen LogP contribution in [0.2, 0.25) is 0 Å². The lowest BCUT2D eigenvalue weighted by Gasteiger charge is -2.30. The van der Waals surface area contributed by atoms with Crippen LogP contribution < -0.4 is 10.2 Å². The second-order valence-corrected chi connectivity index (χ2v) is 5.85. The smallest absolute Gasteiger partial charge is 0.340 e. The zero-order valence-electron chi connectivity index (χ0n) is 14.2. The molecule has 0 saturated carbocycles. The van der Waals surface area contributed by atoms with Gasteiger partial charge in [-0.25, -0.2) is 4.79 Å². The number of nitrogens with zero attached hydrogens (tertiary/aromatic N) is 1. The van der Waals surface area contributed by atoms with E-state index < -0.39 is 0 Å². The van der Waals surface area contributed by atoms with Gasteiger partial charge in [-0.1, -0.05) is 12.1 Å². The Labute approximate surface area is 147 Å². The SMILES string of the molecule is COC(=O)c1cc(NCc2cccc(O)c2)ccc1N1CCOCC1. The molecule has 1 fully saturated rings. The summed E-state index contributed by atoms with van der Waals surface area (Å²) in [6.07, 6.45) is 0. The Hall–Kier alpha value is -2.73. The summed E-state index contributed by atoms with van der Waals surface area (Å²) in [6, 6.07) is 12.7. The number of ether oxygens (including phenoxy) is 2. The first-order chi connectivity index (χ1) is 12.2. The maximum absolute atomic E-state index is 12.2. The number of morpholine rings is 1. The quantitative estimate of drug-likeness (QED) is 0.814. The van der Waals surface area contributed by atoms with Gasteiger partial charge in [0.25, 0.3) is 0 Å². The van der Waals surface area contributed by atoms with Gasteiger partial charge < -0.3 is 24.8 Å². The predicted molar refractivity (Wildman–Crippen MR) is 96.2 cm³/mol. The molecular weight excluding hydrogens is 320 g/mol. The molecule has 132 valence electrons. The molecule has 2 N–H and O–H groups in total. The lowest BCUT2D eigenvalue weighted by Crippen LogP contribution is -2.37. The van der Waals surface area contributed by atoms with Gasteiger partial charge in [0.15, 0.2) is 0 Å². The number of phenols is 1. The molecular formula is C19H22N2O4. The van der Waals surface area contributed by atoms with Crippen molar-refractivity contribution >= 4 is 17.3 Å². The van der Waals surface area contributed by atoms with E-state index in [0.717, 1.165) is 30.0 Å². The van der Waals surface area contributed by atoms with E-state index in [0.29, 0.717) is 25.3 Å². The highest BCUT2D eigenvalue weighted by Crippen LogP contribution is 2.26. The molecule has 1 aliphatic heterocycles. The van der Waals surface area contributed by atoms with Crippen LogP contribution in [-0.2, 0) is 16.0 Å². The van der Waals surface area contributed by atoms with E-state index in [2.05, 4.69) is 10.2 Å². The number of aromatic hydroxyl groups is 1. The summed E-state index contributed by atoms with van der Waals surface area (Å²) in [5.41, 5.74) is 3.17. The van der Waals surface area contributed by atoms with E-state index in [4.69, 9.17) is 9.47 Å². The van der Waals surface area contributed by atoms with Crippen molar-refractivity contribution in [2.75, 3.05) is 43.6 Å². The highest BCUT2D eigenvalue weighted by Gasteiger charge is 2.19. The summed E-state index contributed by atoms with van der Waals surface area (Å²) in [5, 5.41) is 12.8. The Bertz CT molecular complexity index is 742. The first-order valence-corrected chi connectivity index (χ1v) is 8.24. The molecule has 2 aromatic rings. The molecule has 0 spiro atoms. The van der Waals surface area contributed by atoms with Crippen LogP contribution in [0.25, 0.3) is 0 Å². The van der Waals surface area contributed by atoms with Gasteiger partial charge in [-0.15, -0.1) is 0 Å². The van der Waals surface area contributed by atoms with Crippen molar-refractivity contribution in [2.45, 2.75) is 6.54 Å². The highest BCUT2D eigenvalue weighted by atomic mass is 16.5. The molecule has 1 aliphatic rings. The number of phenolic OH excluding ortho intramolecular Hbond substituents is 1. The van der Waals surface area contributed by atoms with Crippen LogP contribution >= 0.6 is 0 Å². The van der Waals surface area contributed by atoms with Gasteiger partial charge >= 0.3 is 5.97 Å². The average molecular weight is 342 g/mol. The maximum Gasteiger partial charge on any atom is 0.340 e. The van der Waals surface area contributed by atoms with Gasteiger partial charge in [0, 0.05) is 25.3 Å². The molecule has 1 heterocycles. The second kappa shape index (κ2) is 7.90. The Kier molecular flexibility index (Phi) is 5.40. The second-order valence-electron chi connectivity index (χ2n) is 5.85. The Morgan fingerprint density at radius 3 is 2.76 bits per heavy atom. The average Bonchev–Trinajstić information content (AvgIpc) is 2.66. The fraction of sp³-hybridized carbons (Fsp3) is 0.316. The predicted octanol–water partition coefficient (Wildman–Crippen LogP) is 2.63. The van der Waals surface area contributed by atoms with E-state index in [1.807, 2.05) is 18.2 Å². The van der Waals surface area contributed by atoms with Crippen LogP contribution in [0.1, 0.15) is 15.9 Å². The van der Waals surface area contributed by atoms with Gasteiger partial charge in [0.2, 0.25) is 0 Å². The molecule has 0 radical (unpaired) electrons. The van der Waals surface area contributed by atoms with E-state index in [9.17, 15) is 9.90 Å². The third kappa shape index (κ3) is 4.22. The van der Waals surface area contributed by atoms with E-state index in [-0.39, 0.29) is 11.7 Å². The lowest BCUT2D eigenvalue weighted by atomic mass is 10.1. The summed E-state index contributed by atoms with van der Waals surface area (Å²) < 4.78 is 10.3. The van der Waals surface area contributed by atoms with E-state index >= 15 is 0 Å². The minimum absolute atomic E-state index is 0.234. The number of esters is 1. The zero-order valence-corrected chi connectivity index (χ0v) is 14.2. The van der Waals surface area contributed by atoms with Crippen molar-refractivity contribution in [1.82, 2.24) is 0 Å². The molecule has 0 aliphatic carbocycles. The zero-order chi connectivity index (χ0) is 17.6. The molecule has 1 saturated heterocycles. The third-order valence-electron chi connectivity index (χ3n) is 4.16. The first kappa shape index (κ1) is 17.1. The molecule has 0 aromatic heterocycles. The molecule has 0 amide bonds. The standard InChI is InChI=1S/C19H22N2O4/c1-24-19(23)17-12-15(20-13-14-3-2-4-16(22)11-14)5-6-18(17)21-7-9-25-10-8-21/h2-6,11-12,20,22H,7-10,13H2,1H3. The van der Waals surface area contributed by atoms with Crippen LogP contribution in [0, 0.1) is 0 Å². The van der Waals surface area contributed by atoms with Crippen LogP contribution in [0.5, 0.6) is 5.75 Å². The normalized spacial score (nSPS) is 14.2. The number of benzene rings is 2. The molecule has 2 aromatic carbocycles. The van der Waals surface area contributed by atoms with Crippen LogP contribution in [0.3, 0.4) is 0 Å². The minimum atomic E-state index is -0.359. The van der Waals surface area contributed by atoms with Crippen LogP contribution in [-0.4, -0.2) is 44.5 Å². The fourth-order valence-electron chi connectivity index (χ4n) is 2.87. The van der Waals surface area contributed by atoms with Crippen molar-refractivity contribution in [1.29, 1.82) is 0 Å². The number of hydrogen-bond acceptors (Lipinski definition) is 6. The number of nitrogens with one attached hydrogen (secondary N) is 1. The lowest BCUT2D eigenvalue weighted by molar-refractivity contribution is 0.0600. The summed E-state index contributed by atoms with van der Waals surface area (Å²) >= 11 is 0. The highest BCUT2D eigenvalue weighted by molar-refractivity contribution is 5.97. The fourth-order valence-corrected chi connectivity index (χ4v) is 2.87. The van der Waals surface area contributed by atoms with E-state index in [1.54, 1.807) is 24.3 Å². The molecule has 6 heteroatoms. The summed E-state index contributed by atoms with van der Waals surface area (Å²) in [5.74, 6) is -0.125. The molecule has 25 heavy (non-hydrogen) atoms. The Balaban J connectivity index is 1.79. The number of anilines is 2. The van der Waals surface area contributed by atoms with Gasteiger partial charge in [0.1, 0.15) is 5.75 Å². The van der Waals surface area contributed by atoms with Gasteiger partial charge in [-0.3, -0.25) is 0 Å². The monoisotopic (exact) mass is 342 g/mol. The number of carbonyl (C=O) groups excluding carboxylic acids is 1. The number of rotatable bonds is 5. The largest absolute Gasteiger partial charge is 0.508 e. The van der Waals surface area contributed by atoms with E-state index in [1.165, 1.54) is 7.11 Å². The molecule has 0 atom stereocenters. The van der Waals surface area contributed by atoms with Crippen LogP contribution in [0.4, 0.5) is 11.4 Å². The maximum atomic E-state index is 12.2. The number of carbonyl (C=O) groups is 1. The summed E-state index contributed by atoms with van der Waals surface area (Å²) in [4.78, 5) is 14.3. The van der Waals surface area contributed by atoms with Crippen molar-refractivity contribution in [3.8, 4) is 5.75 Å². The Morgan fingerprint density at radius 2 is 2.04 bits per heavy atom. The van der Waals surface area contributed by atoms with Crippen molar-refractivity contribution in [3.63, 3.8) is 0 Å². The van der Waals surface area contributed by atoms with Crippen molar-refractivity contribution < 1.29 is 19.4 Å².